The Bertz CT molecular complexity index is 165. The molecule has 0 atom stereocenters. The minimum Gasteiger partial charge on any atom is -0.0683 e. The molecule has 0 aliphatic rings. The molecule has 0 bridgehead atoms. The second-order valence-corrected chi connectivity index (χ2v) is 9.68. The van der Waals surface area contributed by atoms with Crippen molar-refractivity contribution in [2.75, 3.05) is 0 Å². The summed E-state index contributed by atoms with van der Waals surface area (Å²) in [6, 6.07) is 0. The minimum absolute atomic E-state index is 0.484. The maximum atomic E-state index is 2.29. The Morgan fingerprint density at radius 1 is 0.519 bits per heavy atom. The monoisotopic (exact) mass is 391 g/mol. The Morgan fingerprint density at radius 2 is 0.741 bits per heavy atom. The third kappa shape index (κ3) is 104. The van der Waals surface area contributed by atoms with E-state index in [1.54, 1.807) is 0 Å². The molecule has 0 aromatic rings. The van der Waals surface area contributed by atoms with Gasteiger partial charge in [0.15, 0.2) is 0 Å². The smallest absolute Gasteiger partial charge is 0.0378 e. The van der Waals surface area contributed by atoms with Gasteiger partial charge in [-0.25, -0.2) is 0 Å². The lowest BCUT2D eigenvalue weighted by molar-refractivity contribution is 0.233. The summed E-state index contributed by atoms with van der Waals surface area (Å²) in [4.78, 5) is 0. The van der Waals surface area contributed by atoms with Crippen LogP contribution in [0.5, 0.6) is 0 Å². The number of unbranched alkanes of at least 4 members (excludes halogenated alkanes) is 2. The lowest BCUT2D eigenvalue weighted by atomic mass is 9.78. The standard InChI is InChI=1S/C9H20.C7H16.C5H12.3C2H6/c1-8(2,3)7-9(4,5)6;1-6(2)5-7(3)4;1-3-5-4-2;3*1-2/h7H2,1-6H3;6-7H,5H2,1-4H3;3-5H2,1-2H3;3*1-2H3. The molecule has 0 N–H and O–H groups in total. The van der Waals surface area contributed by atoms with Gasteiger partial charge in [-0.05, 0) is 35.5 Å². The first-order valence-corrected chi connectivity index (χ1v) is 12.2. The van der Waals surface area contributed by atoms with E-state index >= 15 is 0 Å². The molecular weight excluding hydrogens is 324 g/mol. The summed E-state index contributed by atoms with van der Waals surface area (Å²) in [7, 11) is 0. The first-order chi connectivity index (χ1) is 12.2. The molecule has 27 heavy (non-hydrogen) atoms. The Morgan fingerprint density at radius 3 is 0.741 bits per heavy atom. The van der Waals surface area contributed by atoms with Gasteiger partial charge in [0.05, 0.1) is 0 Å². The van der Waals surface area contributed by atoms with Gasteiger partial charge in [0.2, 0.25) is 0 Å². The van der Waals surface area contributed by atoms with Crippen molar-refractivity contribution in [1.82, 2.24) is 0 Å². The second kappa shape index (κ2) is 30.7. The van der Waals surface area contributed by atoms with Crippen LogP contribution in [0, 0.1) is 22.7 Å². The van der Waals surface area contributed by atoms with Gasteiger partial charge in [0.1, 0.15) is 0 Å². The first kappa shape index (κ1) is 41.4. The third-order valence-corrected chi connectivity index (χ3v) is 2.71. The van der Waals surface area contributed by atoms with E-state index in [9.17, 15) is 0 Å². The van der Waals surface area contributed by atoms with Gasteiger partial charge in [-0.2, -0.15) is 0 Å². The topological polar surface area (TPSA) is 0 Å². The average molecular weight is 391 g/mol. The zero-order chi connectivity index (χ0) is 23.7. The molecular formula is C27H66. The van der Waals surface area contributed by atoms with E-state index in [0.29, 0.717) is 10.8 Å². The molecule has 0 fully saturated rings. The number of hydrogen-bond donors (Lipinski definition) is 0. The van der Waals surface area contributed by atoms with Crippen molar-refractivity contribution in [3.8, 4) is 0 Å². The van der Waals surface area contributed by atoms with E-state index in [2.05, 4.69) is 83.1 Å². The predicted molar refractivity (Wildman–Crippen MR) is 137 cm³/mol. The van der Waals surface area contributed by atoms with Crippen molar-refractivity contribution in [3.63, 3.8) is 0 Å². The van der Waals surface area contributed by atoms with E-state index < -0.39 is 0 Å². The van der Waals surface area contributed by atoms with Crippen molar-refractivity contribution in [3.05, 3.63) is 0 Å². The lowest BCUT2D eigenvalue weighted by Crippen LogP contribution is -2.16. The van der Waals surface area contributed by atoms with Crippen LogP contribution in [-0.4, -0.2) is 0 Å². The summed E-state index contributed by atoms with van der Waals surface area (Å²) in [5.74, 6) is 1.75. The fourth-order valence-electron chi connectivity index (χ4n) is 2.89. The number of hydrogen-bond acceptors (Lipinski definition) is 0. The number of rotatable bonds is 4. The normalized spacial score (nSPS) is 9.78. The molecule has 0 radical (unpaired) electrons. The summed E-state index contributed by atoms with van der Waals surface area (Å²) in [5, 5.41) is 0. The van der Waals surface area contributed by atoms with Crippen LogP contribution < -0.4 is 0 Å². The van der Waals surface area contributed by atoms with Crippen molar-refractivity contribution in [2.45, 2.75) is 157 Å². The molecule has 0 aliphatic carbocycles. The third-order valence-electron chi connectivity index (χ3n) is 2.71. The van der Waals surface area contributed by atoms with E-state index in [1.165, 1.54) is 32.1 Å². The van der Waals surface area contributed by atoms with Gasteiger partial charge in [-0.1, -0.05) is 144 Å². The van der Waals surface area contributed by atoms with Crippen LogP contribution in [0.4, 0.5) is 0 Å². The highest BCUT2D eigenvalue weighted by Crippen LogP contribution is 2.31. The van der Waals surface area contributed by atoms with Gasteiger partial charge in [-0.15, -0.1) is 0 Å². The van der Waals surface area contributed by atoms with E-state index in [-0.39, 0.29) is 0 Å². The highest BCUT2D eigenvalue weighted by atomic mass is 14.3. The molecule has 0 aromatic carbocycles. The molecule has 0 nitrogen and oxygen atoms in total. The Balaban J connectivity index is -0.0000000549. The van der Waals surface area contributed by atoms with Gasteiger partial charge < -0.3 is 0 Å². The van der Waals surface area contributed by atoms with Crippen LogP contribution in [0.15, 0.2) is 0 Å². The van der Waals surface area contributed by atoms with Crippen molar-refractivity contribution >= 4 is 0 Å². The molecule has 0 amide bonds. The van der Waals surface area contributed by atoms with E-state index in [0.717, 1.165) is 11.8 Å². The molecule has 0 saturated heterocycles. The van der Waals surface area contributed by atoms with E-state index in [1.807, 2.05) is 41.5 Å². The van der Waals surface area contributed by atoms with Crippen molar-refractivity contribution in [2.24, 2.45) is 22.7 Å². The highest BCUT2D eigenvalue weighted by molar-refractivity contribution is 4.71. The Labute approximate surface area is 179 Å². The summed E-state index contributed by atoms with van der Waals surface area (Å²) in [5.41, 5.74) is 0.969. The molecule has 0 rings (SSSR count). The van der Waals surface area contributed by atoms with Gasteiger partial charge >= 0.3 is 0 Å². The average Bonchev–Trinajstić information content (AvgIpc) is 2.50. The van der Waals surface area contributed by atoms with Gasteiger partial charge in [0.25, 0.3) is 0 Å². The summed E-state index contributed by atoms with van der Waals surface area (Å²) < 4.78 is 0. The fraction of sp³-hybridized carbons (Fsp3) is 1.00. The van der Waals surface area contributed by atoms with E-state index in [4.69, 9.17) is 0 Å². The molecule has 0 saturated carbocycles. The quantitative estimate of drug-likeness (QED) is 0.447. The zero-order valence-electron chi connectivity index (χ0n) is 23.7. The molecule has 0 heteroatoms. The maximum absolute atomic E-state index is 2.29. The van der Waals surface area contributed by atoms with Crippen LogP contribution in [0.1, 0.15) is 157 Å². The summed E-state index contributed by atoms with van der Waals surface area (Å²) >= 11 is 0. The highest BCUT2D eigenvalue weighted by Gasteiger charge is 2.20. The molecule has 0 heterocycles. The van der Waals surface area contributed by atoms with Gasteiger partial charge in [-0.3, -0.25) is 0 Å². The molecule has 174 valence electrons. The van der Waals surface area contributed by atoms with Crippen LogP contribution in [0.3, 0.4) is 0 Å². The Hall–Kier alpha value is 0. The lowest BCUT2D eigenvalue weighted by Gasteiger charge is -2.28. The second-order valence-electron chi connectivity index (χ2n) is 9.68. The molecule has 0 aliphatic heterocycles. The SMILES string of the molecule is CC.CC.CC.CC(C)(C)CC(C)(C)C.CC(C)CC(C)C.CCCCC. The Kier molecular flexibility index (Phi) is 47.1. The molecule has 0 spiro atoms. The first-order valence-electron chi connectivity index (χ1n) is 12.2. The maximum Gasteiger partial charge on any atom is -0.0378 e. The van der Waals surface area contributed by atoms with Gasteiger partial charge in [0, 0.05) is 0 Å². The van der Waals surface area contributed by atoms with Crippen LogP contribution in [0.25, 0.3) is 0 Å². The molecule has 0 unspecified atom stereocenters. The molecule has 0 aromatic heterocycles. The van der Waals surface area contributed by atoms with Crippen LogP contribution in [-0.2, 0) is 0 Å². The fourth-order valence-corrected chi connectivity index (χ4v) is 2.89. The zero-order valence-corrected chi connectivity index (χ0v) is 23.7. The largest absolute Gasteiger partial charge is 0.0683 e. The van der Waals surface area contributed by atoms with Crippen molar-refractivity contribution in [1.29, 1.82) is 0 Å². The van der Waals surface area contributed by atoms with Crippen LogP contribution in [0.2, 0.25) is 0 Å². The summed E-state index contributed by atoms with van der Waals surface area (Å²) in [6.45, 7) is 39.2. The summed E-state index contributed by atoms with van der Waals surface area (Å²) in [6.07, 6.45) is 6.73. The predicted octanol–water partition coefficient (Wildman–Crippen LogP) is 11.4. The minimum atomic E-state index is 0.484. The van der Waals surface area contributed by atoms with Crippen molar-refractivity contribution < 1.29 is 0 Å². The van der Waals surface area contributed by atoms with Crippen LogP contribution >= 0.6 is 0 Å².